The van der Waals surface area contributed by atoms with Crippen molar-refractivity contribution in [3.63, 3.8) is 0 Å². The lowest BCUT2D eigenvalue weighted by molar-refractivity contribution is -0.124. The molecule has 4 heteroatoms. The third-order valence-corrected chi connectivity index (χ3v) is 4.42. The molecule has 1 aliphatic heterocycles. The molecule has 3 rings (SSSR count). The second-order valence-electron chi connectivity index (χ2n) is 5.84. The second kappa shape index (κ2) is 5.94. The van der Waals surface area contributed by atoms with Crippen LogP contribution in [-0.4, -0.2) is 31.2 Å². The topological polar surface area (TPSA) is 64.4 Å². The summed E-state index contributed by atoms with van der Waals surface area (Å²) < 4.78 is 5.31. The van der Waals surface area contributed by atoms with Crippen LogP contribution in [0, 0.1) is 5.92 Å². The van der Waals surface area contributed by atoms with Crippen LogP contribution in [0.25, 0.3) is 0 Å². The Labute approximate surface area is 119 Å². The number of carbonyl (C=O) groups excluding carboxylic acids is 1. The largest absolute Gasteiger partial charge is 0.381 e. The number of ether oxygens (including phenoxy) is 1. The standard InChI is InChI=1S/C16H22N2O2/c17-15(12-6-8-20-9-7-12)16(19)18-14-10-13(14)11-4-2-1-3-5-11/h1-5,12-15H,6-10,17H2,(H,18,19). The van der Waals surface area contributed by atoms with Crippen molar-refractivity contribution in [3.05, 3.63) is 35.9 Å². The van der Waals surface area contributed by atoms with Crippen molar-refractivity contribution in [3.8, 4) is 0 Å². The Morgan fingerprint density at radius 3 is 2.65 bits per heavy atom. The molecule has 4 nitrogen and oxygen atoms in total. The quantitative estimate of drug-likeness (QED) is 0.872. The van der Waals surface area contributed by atoms with E-state index in [1.165, 1.54) is 5.56 Å². The number of hydrogen-bond acceptors (Lipinski definition) is 3. The number of rotatable bonds is 4. The Morgan fingerprint density at radius 2 is 1.95 bits per heavy atom. The van der Waals surface area contributed by atoms with E-state index in [0.717, 1.165) is 32.5 Å². The molecule has 1 aromatic rings. The second-order valence-corrected chi connectivity index (χ2v) is 5.84. The van der Waals surface area contributed by atoms with Gasteiger partial charge in [-0.05, 0) is 30.7 Å². The zero-order chi connectivity index (χ0) is 13.9. The highest BCUT2D eigenvalue weighted by molar-refractivity contribution is 5.82. The van der Waals surface area contributed by atoms with Gasteiger partial charge in [-0.1, -0.05) is 30.3 Å². The Balaban J connectivity index is 1.50. The van der Waals surface area contributed by atoms with Crippen molar-refractivity contribution >= 4 is 5.91 Å². The van der Waals surface area contributed by atoms with Gasteiger partial charge in [-0.3, -0.25) is 4.79 Å². The average molecular weight is 274 g/mol. The molecular weight excluding hydrogens is 252 g/mol. The summed E-state index contributed by atoms with van der Waals surface area (Å²) in [6, 6.07) is 10.2. The number of nitrogens with two attached hydrogens (primary N) is 1. The Kier molecular flexibility index (Phi) is 4.03. The lowest BCUT2D eigenvalue weighted by Gasteiger charge is -2.26. The Hall–Kier alpha value is -1.39. The smallest absolute Gasteiger partial charge is 0.237 e. The van der Waals surface area contributed by atoms with Crippen LogP contribution >= 0.6 is 0 Å². The average Bonchev–Trinajstić information content (AvgIpc) is 3.27. The molecule has 1 aromatic carbocycles. The van der Waals surface area contributed by atoms with E-state index in [4.69, 9.17) is 10.5 Å². The van der Waals surface area contributed by atoms with E-state index in [9.17, 15) is 4.79 Å². The molecule has 0 spiro atoms. The summed E-state index contributed by atoms with van der Waals surface area (Å²) in [6.07, 6.45) is 2.80. The highest BCUT2D eigenvalue weighted by atomic mass is 16.5. The predicted molar refractivity (Wildman–Crippen MR) is 77.2 cm³/mol. The number of benzene rings is 1. The first-order valence-corrected chi connectivity index (χ1v) is 7.44. The molecule has 1 amide bonds. The van der Waals surface area contributed by atoms with Gasteiger partial charge in [0.2, 0.25) is 5.91 Å². The first kappa shape index (κ1) is 13.6. The number of amides is 1. The van der Waals surface area contributed by atoms with Gasteiger partial charge in [-0.25, -0.2) is 0 Å². The fourth-order valence-corrected chi connectivity index (χ4v) is 2.99. The summed E-state index contributed by atoms with van der Waals surface area (Å²) in [5.41, 5.74) is 7.39. The fraction of sp³-hybridized carbons (Fsp3) is 0.562. The van der Waals surface area contributed by atoms with Crippen LogP contribution in [0.2, 0.25) is 0 Å². The van der Waals surface area contributed by atoms with E-state index in [1.807, 2.05) is 18.2 Å². The first-order chi connectivity index (χ1) is 9.75. The minimum atomic E-state index is -0.393. The molecule has 3 atom stereocenters. The SMILES string of the molecule is NC(C(=O)NC1CC1c1ccccc1)C1CCOCC1. The molecule has 0 bridgehead atoms. The third-order valence-electron chi connectivity index (χ3n) is 4.42. The van der Waals surface area contributed by atoms with E-state index < -0.39 is 6.04 Å². The molecule has 3 N–H and O–H groups in total. The normalized spacial score (nSPS) is 27.9. The molecule has 2 aliphatic rings. The highest BCUT2D eigenvalue weighted by Crippen LogP contribution is 2.40. The van der Waals surface area contributed by atoms with Gasteiger partial charge in [0.15, 0.2) is 0 Å². The molecule has 1 saturated heterocycles. The van der Waals surface area contributed by atoms with Crippen LogP contribution in [0.4, 0.5) is 0 Å². The van der Waals surface area contributed by atoms with Crippen LogP contribution in [0.5, 0.6) is 0 Å². The summed E-state index contributed by atoms with van der Waals surface area (Å²) in [7, 11) is 0. The minimum absolute atomic E-state index is 0.000307. The number of carbonyl (C=O) groups is 1. The van der Waals surface area contributed by atoms with Crippen molar-refractivity contribution in [2.45, 2.75) is 37.3 Å². The van der Waals surface area contributed by atoms with Gasteiger partial charge in [0.1, 0.15) is 0 Å². The fourth-order valence-electron chi connectivity index (χ4n) is 2.99. The van der Waals surface area contributed by atoms with Crippen LogP contribution in [0.3, 0.4) is 0 Å². The Bertz CT molecular complexity index is 457. The molecule has 1 aliphatic carbocycles. The molecule has 1 heterocycles. The van der Waals surface area contributed by atoms with E-state index in [-0.39, 0.29) is 17.9 Å². The summed E-state index contributed by atoms with van der Waals surface area (Å²) in [5, 5.41) is 3.09. The third kappa shape index (κ3) is 3.02. The van der Waals surface area contributed by atoms with E-state index in [0.29, 0.717) is 5.92 Å². The van der Waals surface area contributed by atoms with Crippen LogP contribution in [0.15, 0.2) is 30.3 Å². The van der Waals surface area contributed by atoms with Gasteiger partial charge in [-0.15, -0.1) is 0 Å². The summed E-state index contributed by atoms with van der Waals surface area (Å²) in [6.45, 7) is 1.45. The number of hydrogen-bond donors (Lipinski definition) is 2. The summed E-state index contributed by atoms with van der Waals surface area (Å²) in [5.74, 6) is 0.722. The van der Waals surface area contributed by atoms with Gasteiger partial charge in [0.25, 0.3) is 0 Å². The van der Waals surface area contributed by atoms with Crippen molar-refractivity contribution in [1.82, 2.24) is 5.32 Å². The zero-order valence-electron chi connectivity index (χ0n) is 11.6. The molecule has 20 heavy (non-hydrogen) atoms. The van der Waals surface area contributed by atoms with Gasteiger partial charge in [0, 0.05) is 25.2 Å². The van der Waals surface area contributed by atoms with Gasteiger partial charge >= 0.3 is 0 Å². The minimum Gasteiger partial charge on any atom is -0.381 e. The van der Waals surface area contributed by atoms with Gasteiger partial charge < -0.3 is 15.8 Å². The summed E-state index contributed by atoms with van der Waals surface area (Å²) >= 11 is 0. The maximum absolute atomic E-state index is 12.2. The monoisotopic (exact) mass is 274 g/mol. The zero-order valence-corrected chi connectivity index (χ0v) is 11.6. The van der Waals surface area contributed by atoms with E-state index in [2.05, 4.69) is 17.4 Å². The van der Waals surface area contributed by atoms with Gasteiger partial charge in [-0.2, -0.15) is 0 Å². The summed E-state index contributed by atoms with van der Waals surface area (Å²) in [4.78, 5) is 12.2. The van der Waals surface area contributed by atoms with Crippen LogP contribution in [-0.2, 0) is 9.53 Å². The molecule has 108 valence electrons. The maximum atomic E-state index is 12.2. The molecule has 1 saturated carbocycles. The van der Waals surface area contributed by atoms with Crippen molar-refractivity contribution < 1.29 is 9.53 Å². The molecule has 0 radical (unpaired) electrons. The van der Waals surface area contributed by atoms with Crippen molar-refractivity contribution in [2.24, 2.45) is 11.7 Å². The predicted octanol–water partition coefficient (Wildman–Crippen LogP) is 1.41. The van der Waals surface area contributed by atoms with Crippen molar-refractivity contribution in [2.75, 3.05) is 13.2 Å². The van der Waals surface area contributed by atoms with Crippen LogP contribution < -0.4 is 11.1 Å². The van der Waals surface area contributed by atoms with Gasteiger partial charge in [0.05, 0.1) is 6.04 Å². The maximum Gasteiger partial charge on any atom is 0.237 e. The van der Waals surface area contributed by atoms with Crippen LogP contribution in [0.1, 0.15) is 30.7 Å². The first-order valence-electron chi connectivity index (χ1n) is 7.44. The molecule has 3 unspecified atom stereocenters. The van der Waals surface area contributed by atoms with E-state index >= 15 is 0 Å². The Morgan fingerprint density at radius 1 is 1.25 bits per heavy atom. The van der Waals surface area contributed by atoms with E-state index in [1.54, 1.807) is 0 Å². The highest BCUT2D eigenvalue weighted by Gasteiger charge is 2.40. The lowest BCUT2D eigenvalue weighted by atomic mass is 9.92. The number of nitrogens with one attached hydrogen (secondary N) is 1. The molecular formula is C16H22N2O2. The molecule has 2 fully saturated rings. The molecule has 0 aromatic heterocycles. The van der Waals surface area contributed by atoms with Crippen molar-refractivity contribution in [1.29, 1.82) is 0 Å². The lowest BCUT2D eigenvalue weighted by Crippen LogP contribution is -2.47.